The van der Waals surface area contributed by atoms with Crippen molar-refractivity contribution >= 4 is 11.8 Å². The number of hydrogen-bond acceptors (Lipinski definition) is 6. The number of nitrogens with zero attached hydrogens (tertiary/aromatic N) is 4. The van der Waals surface area contributed by atoms with E-state index in [4.69, 9.17) is 5.73 Å². The maximum Gasteiger partial charge on any atom is 0.222 e. The predicted octanol–water partition coefficient (Wildman–Crippen LogP) is 2.42. The number of aromatic amines is 1. The average molecular weight is 305 g/mol. The lowest BCUT2D eigenvalue weighted by atomic mass is 10.0. The molecule has 0 amide bonds. The third-order valence-electron chi connectivity index (χ3n) is 3.33. The van der Waals surface area contributed by atoms with Crippen molar-refractivity contribution in [2.24, 2.45) is 0 Å². The van der Waals surface area contributed by atoms with Gasteiger partial charge in [-0.05, 0) is 25.1 Å². The first-order chi connectivity index (χ1) is 11.2. The van der Waals surface area contributed by atoms with Crippen LogP contribution in [0.1, 0.15) is 12.5 Å². The van der Waals surface area contributed by atoms with Gasteiger partial charge in [0.15, 0.2) is 0 Å². The number of hydrogen-bond donors (Lipinski definition) is 3. The Morgan fingerprint density at radius 3 is 2.74 bits per heavy atom. The zero-order chi connectivity index (χ0) is 16.2. The molecule has 4 N–H and O–H groups in total. The number of nitrogens with two attached hydrogens (primary N) is 1. The van der Waals surface area contributed by atoms with Crippen LogP contribution in [0.15, 0.2) is 36.8 Å². The average Bonchev–Trinajstić information content (AvgIpc) is 3.10. The number of H-pyrrole nitrogens is 1. The van der Waals surface area contributed by atoms with Gasteiger partial charge in [0.2, 0.25) is 5.95 Å². The SMILES string of the molecule is CCNc1ncc(-c2cc(-c3ccc[nH]3)nc(N)c2C#N)cn1. The maximum absolute atomic E-state index is 9.39. The van der Waals surface area contributed by atoms with Gasteiger partial charge in [-0.1, -0.05) is 0 Å². The molecule has 3 aromatic heterocycles. The molecular formula is C16H15N7. The summed E-state index contributed by atoms with van der Waals surface area (Å²) in [6, 6.07) is 7.68. The second-order valence-electron chi connectivity index (χ2n) is 4.84. The van der Waals surface area contributed by atoms with Crippen molar-refractivity contribution in [3.8, 4) is 28.6 Å². The van der Waals surface area contributed by atoms with E-state index in [-0.39, 0.29) is 5.82 Å². The van der Waals surface area contributed by atoms with Gasteiger partial charge in [0.1, 0.15) is 17.5 Å². The lowest BCUT2D eigenvalue weighted by Crippen LogP contribution is -2.03. The molecule has 3 aromatic rings. The van der Waals surface area contributed by atoms with Gasteiger partial charge in [-0.25, -0.2) is 15.0 Å². The maximum atomic E-state index is 9.39. The first kappa shape index (κ1) is 14.5. The van der Waals surface area contributed by atoms with Gasteiger partial charge in [0, 0.05) is 36.3 Å². The Labute approximate surface area is 133 Å². The summed E-state index contributed by atoms with van der Waals surface area (Å²) in [6.07, 6.45) is 5.14. The molecule has 0 saturated heterocycles. The Morgan fingerprint density at radius 1 is 1.35 bits per heavy atom. The lowest BCUT2D eigenvalue weighted by molar-refractivity contribution is 1.09. The minimum absolute atomic E-state index is 0.186. The molecule has 7 heteroatoms. The fraction of sp³-hybridized carbons (Fsp3) is 0.125. The summed E-state index contributed by atoms with van der Waals surface area (Å²) < 4.78 is 0. The van der Waals surface area contributed by atoms with Gasteiger partial charge >= 0.3 is 0 Å². The van der Waals surface area contributed by atoms with E-state index < -0.39 is 0 Å². The topological polar surface area (TPSA) is 116 Å². The van der Waals surface area contributed by atoms with Crippen molar-refractivity contribution in [2.45, 2.75) is 6.92 Å². The van der Waals surface area contributed by atoms with Crippen LogP contribution >= 0.6 is 0 Å². The van der Waals surface area contributed by atoms with Crippen LogP contribution in [0.25, 0.3) is 22.5 Å². The van der Waals surface area contributed by atoms with Crippen molar-refractivity contribution < 1.29 is 0 Å². The number of aromatic nitrogens is 4. The molecule has 0 bridgehead atoms. The van der Waals surface area contributed by atoms with Gasteiger partial charge in [0.05, 0.1) is 11.4 Å². The zero-order valence-electron chi connectivity index (χ0n) is 12.5. The quantitative estimate of drug-likeness (QED) is 0.681. The highest BCUT2D eigenvalue weighted by Gasteiger charge is 2.14. The van der Waals surface area contributed by atoms with E-state index in [1.165, 1.54) is 0 Å². The first-order valence-electron chi connectivity index (χ1n) is 7.13. The highest BCUT2D eigenvalue weighted by atomic mass is 15.1. The van der Waals surface area contributed by atoms with Gasteiger partial charge in [-0.3, -0.25) is 0 Å². The number of rotatable bonds is 4. The molecule has 0 atom stereocenters. The van der Waals surface area contributed by atoms with E-state index in [0.29, 0.717) is 28.3 Å². The van der Waals surface area contributed by atoms with Gasteiger partial charge in [-0.2, -0.15) is 5.26 Å². The number of nitrogen functional groups attached to an aromatic ring is 1. The summed E-state index contributed by atoms with van der Waals surface area (Å²) in [5.41, 5.74) is 9.14. The van der Waals surface area contributed by atoms with Crippen molar-refractivity contribution in [3.05, 3.63) is 42.4 Å². The first-order valence-corrected chi connectivity index (χ1v) is 7.13. The van der Waals surface area contributed by atoms with E-state index in [1.54, 1.807) is 18.6 Å². The molecule has 0 aromatic carbocycles. The highest BCUT2D eigenvalue weighted by Crippen LogP contribution is 2.30. The molecule has 0 spiro atoms. The largest absolute Gasteiger partial charge is 0.383 e. The summed E-state index contributed by atoms with van der Waals surface area (Å²) in [7, 11) is 0. The summed E-state index contributed by atoms with van der Waals surface area (Å²) in [5.74, 6) is 0.728. The number of nitrogens with one attached hydrogen (secondary N) is 2. The molecule has 114 valence electrons. The minimum Gasteiger partial charge on any atom is -0.383 e. The fourth-order valence-corrected chi connectivity index (χ4v) is 2.25. The molecular weight excluding hydrogens is 290 g/mol. The zero-order valence-corrected chi connectivity index (χ0v) is 12.5. The Hall–Kier alpha value is -3.40. The Bertz CT molecular complexity index is 845. The molecule has 0 saturated carbocycles. The molecule has 0 radical (unpaired) electrons. The standard InChI is InChI=1S/C16H15N7/c1-2-19-16-21-8-10(9-22-16)11-6-14(13-4-3-5-20-13)23-15(18)12(11)7-17/h3-6,8-9,20H,2H2,1H3,(H2,18,23)(H,19,21,22). The molecule has 0 aliphatic carbocycles. The van der Waals surface area contributed by atoms with Crippen LogP contribution < -0.4 is 11.1 Å². The molecule has 0 aliphatic heterocycles. The van der Waals surface area contributed by atoms with Crippen molar-refractivity contribution in [1.82, 2.24) is 19.9 Å². The summed E-state index contributed by atoms with van der Waals surface area (Å²) >= 11 is 0. The predicted molar refractivity (Wildman–Crippen MR) is 88.3 cm³/mol. The van der Waals surface area contributed by atoms with Gasteiger partial charge in [-0.15, -0.1) is 0 Å². The van der Waals surface area contributed by atoms with Crippen LogP contribution in [-0.2, 0) is 0 Å². The highest BCUT2D eigenvalue weighted by molar-refractivity contribution is 5.78. The third kappa shape index (κ3) is 2.82. The van der Waals surface area contributed by atoms with Crippen molar-refractivity contribution in [2.75, 3.05) is 17.6 Å². The monoisotopic (exact) mass is 305 g/mol. The van der Waals surface area contributed by atoms with E-state index >= 15 is 0 Å². The number of nitriles is 1. The fourth-order valence-electron chi connectivity index (χ4n) is 2.25. The van der Waals surface area contributed by atoms with Crippen molar-refractivity contribution in [1.29, 1.82) is 5.26 Å². The molecule has 23 heavy (non-hydrogen) atoms. The second kappa shape index (κ2) is 6.15. The number of anilines is 2. The summed E-state index contributed by atoms with van der Waals surface area (Å²) in [5, 5.41) is 12.4. The molecule has 0 aliphatic rings. The molecule has 0 unspecified atom stereocenters. The van der Waals surface area contributed by atoms with E-state index in [9.17, 15) is 5.26 Å². The van der Waals surface area contributed by atoms with Crippen LogP contribution in [0.5, 0.6) is 0 Å². The molecule has 0 fully saturated rings. The summed E-state index contributed by atoms with van der Waals surface area (Å²) in [6.45, 7) is 2.71. The van der Waals surface area contributed by atoms with Crippen molar-refractivity contribution in [3.63, 3.8) is 0 Å². The van der Waals surface area contributed by atoms with Crippen LogP contribution in [0.3, 0.4) is 0 Å². The van der Waals surface area contributed by atoms with E-state index in [1.807, 2.05) is 25.1 Å². The summed E-state index contributed by atoms with van der Waals surface area (Å²) in [4.78, 5) is 15.9. The second-order valence-corrected chi connectivity index (χ2v) is 4.84. The van der Waals surface area contributed by atoms with E-state index in [0.717, 1.165) is 12.2 Å². The molecule has 3 rings (SSSR count). The minimum atomic E-state index is 0.186. The smallest absolute Gasteiger partial charge is 0.222 e. The van der Waals surface area contributed by atoms with E-state index in [2.05, 4.69) is 31.3 Å². The number of pyridine rings is 1. The molecule has 7 nitrogen and oxygen atoms in total. The lowest BCUT2D eigenvalue weighted by Gasteiger charge is -2.09. The van der Waals surface area contributed by atoms with Crippen LogP contribution in [0.2, 0.25) is 0 Å². The molecule has 3 heterocycles. The van der Waals surface area contributed by atoms with Crippen LogP contribution in [-0.4, -0.2) is 26.5 Å². The normalized spacial score (nSPS) is 10.3. The Kier molecular flexibility index (Phi) is 3.89. The van der Waals surface area contributed by atoms with Crippen LogP contribution in [0, 0.1) is 11.3 Å². The van der Waals surface area contributed by atoms with Gasteiger partial charge < -0.3 is 16.0 Å². The third-order valence-corrected chi connectivity index (χ3v) is 3.33. The van der Waals surface area contributed by atoms with Gasteiger partial charge in [0.25, 0.3) is 0 Å². The van der Waals surface area contributed by atoms with Crippen LogP contribution in [0.4, 0.5) is 11.8 Å². The Morgan fingerprint density at radius 2 is 2.13 bits per heavy atom. The Balaban J connectivity index is 2.11.